The fourth-order valence-corrected chi connectivity index (χ4v) is 3.40. The number of carbonyl (C=O) groups is 1. The average molecular weight is 368 g/mol. The van der Waals surface area contributed by atoms with E-state index in [1.165, 1.54) is 15.9 Å². The van der Waals surface area contributed by atoms with Crippen LogP contribution in [0.5, 0.6) is 0 Å². The number of aliphatic hydroxyl groups is 1. The second-order valence-corrected chi connectivity index (χ2v) is 6.92. The molecule has 1 unspecified atom stereocenters. The van der Waals surface area contributed by atoms with Crippen molar-refractivity contribution >= 4 is 5.78 Å². The van der Waals surface area contributed by atoms with Crippen LogP contribution in [0.4, 0.5) is 0 Å². The van der Waals surface area contributed by atoms with Gasteiger partial charge in [-0.05, 0) is 41.2 Å². The van der Waals surface area contributed by atoms with Gasteiger partial charge < -0.3 is 9.63 Å². The first kappa shape index (κ1) is 17.5. The van der Waals surface area contributed by atoms with Crippen molar-refractivity contribution in [3.63, 3.8) is 0 Å². The van der Waals surface area contributed by atoms with Crippen LogP contribution in [0, 0.1) is 0 Å². The molecular formula is C18H20N6O3. The van der Waals surface area contributed by atoms with Crippen LogP contribution in [0.15, 0.2) is 22.7 Å². The molecule has 0 bridgehead atoms. The third-order valence-corrected chi connectivity index (χ3v) is 4.93. The maximum absolute atomic E-state index is 12.4. The fraction of sp³-hybridized carbons (Fsp3) is 0.444. The quantitative estimate of drug-likeness (QED) is 0.652. The van der Waals surface area contributed by atoms with Gasteiger partial charge >= 0.3 is 0 Å². The Morgan fingerprint density at radius 1 is 1.44 bits per heavy atom. The minimum Gasteiger partial charge on any atom is -0.396 e. The number of ketones is 1. The van der Waals surface area contributed by atoms with E-state index in [4.69, 9.17) is 4.52 Å². The van der Waals surface area contributed by atoms with Gasteiger partial charge in [0.1, 0.15) is 0 Å². The van der Waals surface area contributed by atoms with Gasteiger partial charge in [0.15, 0.2) is 0 Å². The summed E-state index contributed by atoms with van der Waals surface area (Å²) in [6.45, 7) is 1.79. The molecule has 1 N–H and O–H groups in total. The lowest BCUT2D eigenvalue weighted by Crippen LogP contribution is -2.08. The van der Waals surface area contributed by atoms with Gasteiger partial charge in [0, 0.05) is 12.0 Å². The molecule has 2 heterocycles. The highest BCUT2D eigenvalue weighted by Crippen LogP contribution is 2.37. The third-order valence-electron chi connectivity index (χ3n) is 4.93. The Morgan fingerprint density at radius 3 is 3.04 bits per heavy atom. The number of hydrogen-bond donors (Lipinski definition) is 1. The van der Waals surface area contributed by atoms with Crippen LogP contribution < -0.4 is 0 Å². The standard InChI is InChI=1S/C18H20N6O3/c1-10(9-25)18-19-16(22-27-18)13-5-6-14-11(7-13)3-4-12(14)8-15(26)17-20-23-24(2)21-17/h5-7,10,12,25H,3-4,8-9H2,1-2H3/t10?,12-/m0/s1. The molecule has 9 nitrogen and oxygen atoms in total. The summed E-state index contributed by atoms with van der Waals surface area (Å²) < 4.78 is 5.23. The molecule has 0 spiro atoms. The molecule has 0 saturated heterocycles. The molecule has 2 atom stereocenters. The summed E-state index contributed by atoms with van der Waals surface area (Å²) in [6.07, 6.45) is 2.18. The first-order chi connectivity index (χ1) is 13.0. The molecule has 1 aliphatic carbocycles. The van der Waals surface area contributed by atoms with Crippen molar-refractivity contribution in [1.29, 1.82) is 0 Å². The van der Waals surface area contributed by atoms with Crippen molar-refractivity contribution in [2.75, 3.05) is 6.61 Å². The molecule has 1 aromatic carbocycles. The van der Waals surface area contributed by atoms with Gasteiger partial charge in [-0.1, -0.05) is 24.2 Å². The monoisotopic (exact) mass is 368 g/mol. The summed E-state index contributed by atoms with van der Waals surface area (Å²) in [5, 5.41) is 24.7. The summed E-state index contributed by atoms with van der Waals surface area (Å²) in [6, 6.07) is 6.03. The Bertz CT molecular complexity index is 979. The van der Waals surface area contributed by atoms with Gasteiger partial charge in [0.25, 0.3) is 0 Å². The number of aryl methyl sites for hydroxylation is 2. The number of hydrogen-bond acceptors (Lipinski definition) is 8. The second-order valence-electron chi connectivity index (χ2n) is 6.92. The normalized spacial score (nSPS) is 17.1. The van der Waals surface area contributed by atoms with E-state index in [-0.39, 0.29) is 30.1 Å². The Balaban J connectivity index is 1.52. The van der Waals surface area contributed by atoms with Crippen LogP contribution in [0.2, 0.25) is 0 Å². The molecule has 0 radical (unpaired) electrons. The van der Waals surface area contributed by atoms with Gasteiger partial charge in [-0.25, -0.2) is 0 Å². The Labute approximate surface area is 155 Å². The zero-order valence-corrected chi connectivity index (χ0v) is 15.2. The number of aliphatic hydroxyl groups excluding tert-OH is 1. The average Bonchev–Trinajstić information content (AvgIpc) is 3.40. The van der Waals surface area contributed by atoms with Crippen molar-refractivity contribution in [2.24, 2.45) is 7.05 Å². The highest BCUT2D eigenvalue weighted by Gasteiger charge is 2.27. The summed E-state index contributed by atoms with van der Waals surface area (Å²) in [7, 11) is 1.64. The van der Waals surface area contributed by atoms with E-state index < -0.39 is 0 Å². The fourth-order valence-electron chi connectivity index (χ4n) is 3.40. The summed E-state index contributed by atoms with van der Waals surface area (Å²) in [4.78, 5) is 18.0. The molecule has 0 fully saturated rings. The van der Waals surface area contributed by atoms with Gasteiger partial charge in [0.05, 0.1) is 19.6 Å². The van der Waals surface area contributed by atoms with Crippen LogP contribution in [0.3, 0.4) is 0 Å². The molecule has 0 amide bonds. The van der Waals surface area contributed by atoms with E-state index >= 15 is 0 Å². The SMILES string of the molecule is CC(CO)c1nc(-c2ccc3c(c2)CC[C@H]3CC(=O)c2nnn(C)n2)no1. The molecule has 9 heteroatoms. The third kappa shape index (κ3) is 3.37. The topological polar surface area (TPSA) is 120 Å². The van der Waals surface area contributed by atoms with E-state index in [1.807, 2.05) is 19.1 Å². The van der Waals surface area contributed by atoms with Crippen molar-refractivity contribution in [3.8, 4) is 11.4 Å². The lowest BCUT2D eigenvalue weighted by molar-refractivity contribution is 0.0963. The first-order valence-corrected chi connectivity index (χ1v) is 8.90. The number of benzene rings is 1. The number of fused-ring (bicyclic) bond motifs is 1. The molecule has 3 aromatic rings. The lowest BCUT2D eigenvalue weighted by atomic mass is 9.94. The highest BCUT2D eigenvalue weighted by atomic mass is 16.5. The number of carbonyl (C=O) groups excluding carboxylic acids is 1. The van der Waals surface area contributed by atoms with Crippen molar-refractivity contribution in [3.05, 3.63) is 41.0 Å². The Hall–Kier alpha value is -2.94. The van der Waals surface area contributed by atoms with Crippen LogP contribution in [-0.2, 0) is 13.5 Å². The Kier molecular flexibility index (Phi) is 4.53. The van der Waals surface area contributed by atoms with Crippen molar-refractivity contribution in [2.45, 2.75) is 38.0 Å². The molecule has 4 rings (SSSR count). The zero-order valence-electron chi connectivity index (χ0n) is 15.2. The maximum atomic E-state index is 12.4. The highest BCUT2D eigenvalue weighted by molar-refractivity contribution is 5.92. The summed E-state index contributed by atoms with van der Waals surface area (Å²) >= 11 is 0. The summed E-state index contributed by atoms with van der Waals surface area (Å²) in [5.74, 6) is 0.974. The molecule has 140 valence electrons. The molecular weight excluding hydrogens is 348 g/mol. The number of tetrazole rings is 1. The maximum Gasteiger partial charge on any atom is 0.240 e. The van der Waals surface area contributed by atoms with Crippen LogP contribution >= 0.6 is 0 Å². The molecule has 0 saturated carbocycles. The van der Waals surface area contributed by atoms with Gasteiger partial charge in [-0.15, -0.1) is 10.2 Å². The van der Waals surface area contributed by atoms with Crippen LogP contribution in [0.1, 0.15) is 59.2 Å². The molecule has 2 aromatic heterocycles. The molecule has 1 aliphatic rings. The van der Waals surface area contributed by atoms with E-state index in [1.54, 1.807) is 7.05 Å². The molecule has 0 aliphatic heterocycles. The zero-order chi connectivity index (χ0) is 19.0. The minimum atomic E-state index is -0.189. The van der Waals surface area contributed by atoms with E-state index in [0.29, 0.717) is 18.1 Å². The van der Waals surface area contributed by atoms with Crippen molar-refractivity contribution < 1.29 is 14.4 Å². The smallest absolute Gasteiger partial charge is 0.240 e. The first-order valence-electron chi connectivity index (χ1n) is 8.90. The Morgan fingerprint density at radius 2 is 2.30 bits per heavy atom. The van der Waals surface area contributed by atoms with Gasteiger partial charge in [-0.3, -0.25) is 4.79 Å². The number of nitrogens with zero attached hydrogens (tertiary/aromatic N) is 6. The minimum absolute atomic E-state index is 0.0395. The lowest BCUT2D eigenvalue weighted by Gasteiger charge is -2.09. The van der Waals surface area contributed by atoms with E-state index in [0.717, 1.165) is 18.4 Å². The largest absolute Gasteiger partial charge is 0.396 e. The van der Waals surface area contributed by atoms with Crippen LogP contribution in [0.25, 0.3) is 11.4 Å². The second kappa shape index (κ2) is 6.99. The van der Waals surface area contributed by atoms with Gasteiger partial charge in [0.2, 0.25) is 23.3 Å². The predicted molar refractivity (Wildman–Crippen MR) is 94.0 cm³/mol. The van der Waals surface area contributed by atoms with Crippen LogP contribution in [-0.4, -0.2) is 47.8 Å². The van der Waals surface area contributed by atoms with Crippen molar-refractivity contribution in [1.82, 2.24) is 30.3 Å². The van der Waals surface area contributed by atoms with E-state index in [2.05, 4.69) is 31.6 Å². The van der Waals surface area contributed by atoms with Gasteiger partial charge in [-0.2, -0.15) is 9.78 Å². The van der Waals surface area contributed by atoms with E-state index in [9.17, 15) is 9.90 Å². The predicted octanol–water partition coefficient (Wildman–Crippen LogP) is 1.66. The number of Topliss-reactive ketones (excluding diaryl/α,β-unsaturated/α-hetero) is 1. The number of rotatable bonds is 6. The molecule has 27 heavy (non-hydrogen) atoms. The summed E-state index contributed by atoms with van der Waals surface area (Å²) in [5.41, 5.74) is 3.24. The number of aromatic nitrogens is 6.